The van der Waals surface area contributed by atoms with E-state index < -0.39 is 0 Å². The van der Waals surface area contributed by atoms with Crippen LogP contribution in [0.4, 0.5) is 5.13 Å². The summed E-state index contributed by atoms with van der Waals surface area (Å²) in [5, 5.41) is 2.38. The summed E-state index contributed by atoms with van der Waals surface area (Å²) in [7, 11) is 4.11. The molecule has 0 aliphatic carbocycles. The molecule has 6 heteroatoms. The molecule has 0 bridgehead atoms. The molecule has 1 aliphatic heterocycles. The van der Waals surface area contributed by atoms with Crippen LogP contribution in [0.25, 0.3) is 0 Å². The van der Waals surface area contributed by atoms with Crippen LogP contribution >= 0.6 is 11.3 Å². The number of nitrogens with two attached hydrogens (primary N) is 1. The van der Waals surface area contributed by atoms with Crippen molar-refractivity contribution in [3.63, 3.8) is 0 Å². The van der Waals surface area contributed by atoms with Crippen LogP contribution in [-0.2, 0) is 11.2 Å². The lowest BCUT2D eigenvalue weighted by Crippen LogP contribution is -2.35. The van der Waals surface area contributed by atoms with Crippen LogP contribution in [0.3, 0.4) is 0 Å². The third kappa shape index (κ3) is 2.95. The number of nitrogens with zero attached hydrogens (tertiary/aromatic N) is 3. The van der Waals surface area contributed by atoms with Crippen molar-refractivity contribution in [1.29, 1.82) is 0 Å². The van der Waals surface area contributed by atoms with Crippen molar-refractivity contribution < 1.29 is 4.79 Å². The van der Waals surface area contributed by atoms with E-state index in [1.165, 1.54) is 11.3 Å². The molecule has 1 aromatic rings. The number of hydrogen-bond acceptors (Lipinski definition) is 5. The van der Waals surface area contributed by atoms with Crippen molar-refractivity contribution in [1.82, 2.24) is 14.8 Å². The van der Waals surface area contributed by atoms with Gasteiger partial charge in [-0.05, 0) is 20.5 Å². The fourth-order valence-corrected chi connectivity index (χ4v) is 2.62. The zero-order chi connectivity index (χ0) is 12.4. The summed E-state index contributed by atoms with van der Waals surface area (Å²) in [6.07, 6.45) is 1.42. The Morgan fingerprint density at radius 2 is 2.47 bits per heavy atom. The van der Waals surface area contributed by atoms with Gasteiger partial charge in [0.2, 0.25) is 5.91 Å². The molecule has 1 saturated heterocycles. The van der Waals surface area contributed by atoms with E-state index in [0.717, 1.165) is 25.2 Å². The van der Waals surface area contributed by atoms with Gasteiger partial charge in [-0.2, -0.15) is 0 Å². The number of likely N-dealkylation sites (N-methyl/N-ethyl adjacent to an activating group) is 1. The third-order valence-corrected chi connectivity index (χ3v) is 3.87. The Morgan fingerprint density at radius 1 is 1.71 bits per heavy atom. The van der Waals surface area contributed by atoms with Crippen molar-refractivity contribution in [2.45, 2.75) is 18.9 Å². The minimum atomic E-state index is 0.152. The Morgan fingerprint density at radius 3 is 3.00 bits per heavy atom. The van der Waals surface area contributed by atoms with E-state index in [4.69, 9.17) is 5.73 Å². The molecular formula is C11H18N4OS. The van der Waals surface area contributed by atoms with Crippen molar-refractivity contribution in [3.8, 4) is 0 Å². The van der Waals surface area contributed by atoms with E-state index in [1.807, 2.05) is 10.3 Å². The van der Waals surface area contributed by atoms with Gasteiger partial charge in [0.1, 0.15) is 0 Å². The molecule has 94 valence electrons. The number of carbonyl (C=O) groups is 1. The second-order valence-corrected chi connectivity index (χ2v) is 5.49. The predicted octanol–water partition coefficient (Wildman–Crippen LogP) is 0.430. The summed E-state index contributed by atoms with van der Waals surface area (Å²) < 4.78 is 0. The predicted molar refractivity (Wildman–Crippen MR) is 68.9 cm³/mol. The van der Waals surface area contributed by atoms with Crippen LogP contribution in [0, 0.1) is 0 Å². The average molecular weight is 254 g/mol. The van der Waals surface area contributed by atoms with Gasteiger partial charge in [-0.1, -0.05) is 0 Å². The van der Waals surface area contributed by atoms with E-state index in [-0.39, 0.29) is 5.91 Å². The Balaban J connectivity index is 1.89. The molecule has 17 heavy (non-hydrogen) atoms. The Hall–Kier alpha value is -1.14. The van der Waals surface area contributed by atoms with Crippen molar-refractivity contribution in [3.05, 3.63) is 11.1 Å². The highest BCUT2D eigenvalue weighted by atomic mass is 32.1. The molecule has 0 radical (unpaired) electrons. The number of amides is 1. The van der Waals surface area contributed by atoms with E-state index in [9.17, 15) is 4.79 Å². The molecule has 0 spiro atoms. The SMILES string of the molecule is CN(C)C1CCN(C(=O)Cc2csc(N)n2)C1. The lowest BCUT2D eigenvalue weighted by atomic mass is 10.2. The van der Waals surface area contributed by atoms with Gasteiger partial charge in [0, 0.05) is 24.5 Å². The number of carbonyl (C=O) groups excluding carboxylic acids is 1. The summed E-state index contributed by atoms with van der Waals surface area (Å²) in [6.45, 7) is 1.67. The van der Waals surface area contributed by atoms with Gasteiger partial charge in [-0.25, -0.2) is 4.98 Å². The van der Waals surface area contributed by atoms with Gasteiger partial charge < -0.3 is 15.5 Å². The zero-order valence-electron chi connectivity index (χ0n) is 10.2. The Bertz CT molecular complexity index is 404. The summed E-state index contributed by atoms with van der Waals surface area (Å²) in [5.74, 6) is 0.152. The highest BCUT2D eigenvalue weighted by molar-refractivity contribution is 7.13. The molecule has 0 aromatic carbocycles. The first-order valence-electron chi connectivity index (χ1n) is 5.70. The normalized spacial score (nSPS) is 20.2. The molecule has 5 nitrogen and oxygen atoms in total. The maximum absolute atomic E-state index is 12.0. The first-order valence-corrected chi connectivity index (χ1v) is 6.58. The van der Waals surface area contributed by atoms with E-state index in [0.29, 0.717) is 17.6 Å². The highest BCUT2D eigenvalue weighted by Gasteiger charge is 2.27. The number of aromatic nitrogens is 1. The average Bonchev–Trinajstić information content (AvgIpc) is 2.86. The first-order chi connectivity index (χ1) is 8.06. The van der Waals surface area contributed by atoms with Crippen LogP contribution < -0.4 is 5.73 Å². The number of anilines is 1. The van der Waals surface area contributed by atoms with Crippen LogP contribution in [0.1, 0.15) is 12.1 Å². The Labute approximate surface area is 105 Å². The van der Waals surface area contributed by atoms with Gasteiger partial charge in [0.15, 0.2) is 5.13 Å². The van der Waals surface area contributed by atoms with Crippen molar-refractivity contribution >= 4 is 22.4 Å². The molecule has 2 rings (SSSR count). The standard InChI is InChI=1S/C11H18N4OS/c1-14(2)9-3-4-15(6-9)10(16)5-8-7-17-11(12)13-8/h7,9H,3-6H2,1-2H3,(H2,12,13). The number of nitrogen functional groups attached to an aromatic ring is 1. The summed E-state index contributed by atoms with van der Waals surface area (Å²) in [4.78, 5) is 20.2. The number of rotatable bonds is 3. The van der Waals surface area contributed by atoms with E-state index in [1.54, 1.807) is 0 Å². The summed E-state index contributed by atoms with van der Waals surface area (Å²) in [5.41, 5.74) is 6.33. The molecule has 2 N–H and O–H groups in total. The van der Waals surface area contributed by atoms with Gasteiger partial charge in [-0.15, -0.1) is 11.3 Å². The summed E-state index contributed by atoms with van der Waals surface area (Å²) in [6, 6.07) is 0.486. The van der Waals surface area contributed by atoms with E-state index >= 15 is 0 Å². The van der Waals surface area contributed by atoms with Gasteiger partial charge in [0.25, 0.3) is 0 Å². The van der Waals surface area contributed by atoms with Crippen molar-refractivity contribution in [2.24, 2.45) is 0 Å². The molecule has 2 heterocycles. The second kappa shape index (κ2) is 5.01. The molecular weight excluding hydrogens is 236 g/mol. The lowest BCUT2D eigenvalue weighted by Gasteiger charge is -2.20. The molecule has 1 unspecified atom stereocenters. The third-order valence-electron chi connectivity index (χ3n) is 3.15. The summed E-state index contributed by atoms with van der Waals surface area (Å²) >= 11 is 1.38. The van der Waals surface area contributed by atoms with Crippen LogP contribution in [0.15, 0.2) is 5.38 Å². The first kappa shape index (κ1) is 12.3. The molecule has 1 amide bonds. The minimum Gasteiger partial charge on any atom is -0.375 e. The zero-order valence-corrected chi connectivity index (χ0v) is 11.0. The Kier molecular flexibility index (Phi) is 3.63. The smallest absolute Gasteiger partial charge is 0.228 e. The molecule has 1 aliphatic rings. The molecule has 1 aromatic heterocycles. The second-order valence-electron chi connectivity index (χ2n) is 4.60. The number of thiazole rings is 1. The number of hydrogen-bond donors (Lipinski definition) is 1. The quantitative estimate of drug-likeness (QED) is 0.849. The maximum Gasteiger partial charge on any atom is 0.228 e. The number of likely N-dealkylation sites (tertiary alicyclic amines) is 1. The minimum absolute atomic E-state index is 0.152. The fraction of sp³-hybridized carbons (Fsp3) is 0.636. The van der Waals surface area contributed by atoms with E-state index in [2.05, 4.69) is 24.0 Å². The van der Waals surface area contributed by atoms with Crippen molar-refractivity contribution in [2.75, 3.05) is 32.9 Å². The monoisotopic (exact) mass is 254 g/mol. The van der Waals surface area contributed by atoms with Gasteiger partial charge >= 0.3 is 0 Å². The van der Waals surface area contributed by atoms with Gasteiger partial charge in [-0.3, -0.25) is 4.79 Å². The molecule has 0 saturated carbocycles. The fourth-order valence-electron chi connectivity index (χ4n) is 2.06. The molecule has 1 atom stereocenters. The van der Waals surface area contributed by atoms with Crippen LogP contribution in [0.2, 0.25) is 0 Å². The largest absolute Gasteiger partial charge is 0.375 e. The highest BCUT2D eigenvalue weighted by Crippen LogP contribution is 2.16. The maximum atomic E-state index is 12.0. The topological polar surface area (TPSA) is 62.5 Å². The van der Waals surface area contributed by atoms with Crippen LogP contribution in [0.5, 0.6) is 0 Å². The van der Waals surface area contributed by atoms with Crippen LogP contribution in [-0.4, -0.2) is 53.9 Å². The van der Waals surface area contributed by atoms with Gasteiger partial charge in [0.05, 0.1) is 12.1 Å². The lowest BCUT2D eigenvalue weighted by molar-refractivity contribution is -0.129. The molecule has 1 fully saturated rings.